The Morgan fingerprint density at radius 2 is 1.12 bits per heavy atom. The van der Waals surface area contributed by atoms with Crippen LogP contribution in [0.25, 0.3) is 0 Å². The van der Waals surface area contributed by atoms with Gasteiger partial charge in [0.15, 0.2) is 0 Å². The van der Waals surface area contributed by atoms with E-state index in [1.54, 1.807) is 0 Å². The molecule has 0 saturated heterocycles. The molecule has 0 spiro atoms. The standard InChI is InChI=1S/C17H48N2Si5/c1-16(2)15-23(11,12)18(4)20-17(3)24(13,14)19(21(5,6)7)22(8,9)10/h16-17H,15,20H2,1-14H3. The summed E-state index contributed by atoms with van der Waals surface area (Å²) in [5.74, 6) is 0.837. The zero-order valence-corrected chi connectivity index (χ0v) is 24.9. The molecule has 0 aliphatic carbocycles. The highest BCUT2D eigenvalue weighted by molar-refractivity contribution is 7.06. The second-order valence-corrected chi connectivity index (χ2v) is 36.0. The van der Waals surface area contributed by atoms with Gasteiger partial charge in [0.2, 0.25) is 0 Å². The van der Waals surface area contributed by atoms with Crippen molar-refractivity contribution in [1.29, 1.82) is 0 Å². The topological polar surface area (TPSA) is 6.48 Å². The monoisotopic (exact) mass is 420 g/mol. The molecule has 0 aliphatic heterocycles. The van der Waals surface area contributed by atoms with Gasteiger partial charge >= 0.3 is 0 Å². The smallest absolute Gasteiger partial charge is 0.115 e. The lowest BCUT2D eigenvalue weighted by Gasteiger charge is -2.56. The van der Waals surface area contributed by atoms with Crippen molar-refractivity contribution in [2.24, 2.45) is 5.92 Å². The van der Waals surface area contributed by atoms with Gasteiger partial charge in [-0.05, 0) is 24.2 Å². The summed E-state index contributed by atoms with van der Waals surface area (Å²) in [5, 5.41) is 0.958. The van der Waals surface area contributed by atoms with Crippen LogP contribution >= 0.6 is 0 Å². The molecule has 0 N–H and O–H groups in total. The van der Waals surface area contributed by atoms with Gasteiger partial charge in [-0.1, -0.05) is 86.2 Å². The summed E-state index contributed by atoms with van der Waals surface area (Å²) < 4.78 is 6.09. The van der Waals surface area contributed by atoms with E-state index >= 15 is 0 Å². The van der Waals surface area contributed by atoms with Crippen molar-refractivity contribution in [2.45, 2.75) is 97.4 Å². The van der Waals surface area contributed by atoms with E-state index in [2.05, 4.69) is 101 Å². The molecule has 0 aromatic heterocycles. The van der Waals surface area contributed by atoms with Crippen molar-refractivity contribution in [3.8, 4) is 0 Å². The molecule has 0 aliphatic rings. The Labute approximate surface area is 161 Å². The van der Waals surface area contributed by atoms with Crippen molar-refractivity contribution in [1.82, 2.24) is 8.13 Å². The van der Waals surface area contributed by atoms with Crippen molar-refractivity contribution >= 4 is 42.6 Å². The van der Waals surface area contributed by atoms with Gasteiger partial charge in [-0.3, -0.25) is 0 Å². The summed E-state index contributed by atoms with van der Waals surface area (Å²) in [5.41, 5.74) is 0. The van der Waals surface area contributed by atoms with Gasteiger partial charge in [0.1, 0.15) is 32.9 Å². The Balaban J connectivity index is 5.42. The highest BCUT2D eigenvalue weighted by Crippen LogP contribution is 2.35. The molecule has 0 fully saturated rings. The first kappa shape index (κ1) is 25.0. The van der Waals surface area contributed by atoms with Crippen molar-refractivity contribution in [3.05, 3.63) is 0 Å². The van der Waals surface area contributed by atoms with Crippen LogP contribution in [-0.4, -0.2) is 57.8 Å². The third kappa shape index (κ3) is 6.96. The quantitative estimate of drug-likeness (QED) is 0.461. The maximum Gasteiger partial charge on any atom is 0.115 e. The lowest BCUT2D eigenvalue weighted by molar-refractivity contribution is 0.671. The highest BCUT2D eigenvalue weighted by atomic mass is 28.5. The third-order valence-corrected chi connectivity index (χ3v) is 35.0. The number of hydrogen-bond donors (Lipinski definition) is 0. The summed E-state index contributed by atoms with van der Waals surface area (Å²) in [6.07, 6.45) is 0. The fourth-order valence-corrected chi connectivity index (χ4v) is 39.8. The SMILES string of the molecule is CC(C)C[Si](C)(C)N(C)[SiH2]C(C)[Si](C)(C)N([Si](C)(C)C)[Si](C)(C)C. The van der Waals surface area contributed by atoms with Crippen molar-refractivity contribution in [3.63, 3.8) is 0 Å². The molecule has 0 heterocycles. The molecule has 0 aromatic rings. The predicted molar refractivity (Wildman–Crippen MR) is 129 cm³/mol. The van der Waals surface area contributed by atoms with E-state index in [1.165, 1.54) is 6.04 Å². The summed E-state index contributed by atoms with van der Waals surface area (Å²) in [6.45, 7) is 33.4. The van der Waals surface area contributed by atoms with Crippen molar-refractivity contribution in [2.75, 3.05) is 7.05 Å². The largest absolute Gasteiger partial charge is 0.369 e. The van der Waals surface area contributed by atoms with Gasteiger partial charge in [0.05, 0.1) is 9.68 Å². The molecule has 1 unspecified atom stereocenters. The van der Waals surface area contributed by atoms with Crippen molar-refractivity contribution < 1.29 is 0 Å². The Morgan fingerprint density at radius 1 is 0.750 bits per heavy atom. The van der Waals surface area contributed by atoms with Gasteiger partial charge in [-0.25, -0.2) is 0 Å². The number of nitrogens with zero attached hydrogens (tertiary/aromatic N) is 2. The average molecular weight is 421 g/mol. The van der Waals surface area contributed by atoms with Gasteiger partial charge in [-0.2, -0.15) is 0 Å². The summed E-state index contributed by atoms with van der Waals surface area (Å²) in [7, 11) is -2.87. The van der Waals surface area contributed by atoms with E-state index in [1.807, 2.05) is 0 Å². The van der Waals surface area contributed by atoms with Gasteiger partial charge < -0.3 is 8.13 Å². The molecular weight excluding hydrogens is 373 g/mol. The second-order valence-electron chi connectivity index (χ2n) is 11.5. The van der Waals surface area contributed by atoms with Gasteiger partial charge in [0, 0.05) is 0 Å². The van der Waals surface area contributed by atoms with Crippen LogP contribution in [0.4, 0.5) is 0 Å². The molecule has 0 saturated carbocycles. The average Bonchev–Trinajstić information content (AvgIpc) is 2.21. The van der Waals surface area contributed by atoms with E-state index < -0.39 is 32.9 Å². The lowest BCUT2D eigenvalue weighted by Crippen LogP contribution is -2.72. The predicted octanol–water partition coefficient (Wildman–Crippen LogP) is 5.39. The fourth-order valence-electron chi connectivity index (χ4n) is 4.99. The molecule has 0 rings (SSSR count). The first-order chi connectivity index (χ1) is 10.3. The molecule has 146 valence electrons. The van der Waals surface area contributed by atoms with Crippen LogP contribution in [0.2, 0.25) is 76.7 Å². The van der Waals surface area contributed by atoms with Crippen LogP contribution in [-0.2, 0) is 0 Å². The van der Waals surface area contributed by atoms with E-state index in [9.17, 15) is 0 Å². The van der Waals surface area contributed by atoms with E-state index in [0.29, 0.717) is 0 Å². The summed E-state index contributed by atoms with van der Waals surface area (Å²) in [6, 6.07) is 1.44. The molecule has 1 atom stereocenters. The van der Waals surface area contributed by atoms with Crippen LogP contribution in [0.1, 0.15) is 20.8 Å². The molecule has 0 radical (unpaired) electrons. The lowest BCUT2D eigenvalue weighted by atomic mass is 10.3. The zero-order chi connectivity index (χ0) is 19.7. The Kier molecular flexibility index (Phi) is 8.70. The second kappa shape index (κ2) is 8.35. The van der Waals surface area contributed by atoms with Gasteiger partial charge in [-0.15, -0.1) is 0 Å². The van der Waals surface area contributed by atoms with E-state index in [0.717, 1.165) is 11.1 Å². The highest BCUT2D eigenvalue weighted by Gasteiger charge is 2.47. The molecule has 2 nitrogen and oxygen atoms in total. The maximum atomic E-state index is 3.18. The molecule has 7 heteroatoms. The Morgan fingerprint density at radius 3 is 1.42 bits per heavy atom. The van der Waals surface area contributed by atoms with E-state index in [-0.39, 0.29) is 9.68 Å². The first-order valence-corrected chi connectivity index (χ1v) is 24.4. The Bertz CT molecular complexity index is 383. The van der Waals surface area contributed by atoms with Crippen LogP contribution in [0, 0.1) is 5.92 Å². The number of hydrogen-bond acceptors (Lipinski definition) is 2. The Hall–Kier alpha value is 1.00. The van der Waals surface area contributed by atoms with Gasteiger partial charge in [0.25, 0.3) is 0 Å². The summed E-state index contributed by atoms with van der Waals surface area (Å²) >= 11 is 0. The fraction of sp³-hybridized carbons (Fsp3) is 1.00. The zero-order valence-electron chi connectivity index (χ0n) is 19.5. The van der Waals surface area contributed by atoms with Crippen LogP contribution < -0.4 is 0 Å². The number of rotatable bonds is 9. The minimum atomic E-state index is -1.39. The minimum Gasteiger partial charge on any atom is -0.369 e. The van der Waals surface area contributed by atoms with E-state index in [4.69, 9.17) is 0 Å². The maximum absolute atomic E-state index is 3.18. The van der Waals surface area contributed by atoms with Crippen LogP contribution in [0.5, 0.6) is 0 Å². The molecule has 0 bridgehead atoms. The first-order valence-electron chi connectivity index (χ1n) is 9.85. The van der Waals surface area contributed by atoms with Crippen LogP contribution in [0.3, 0.4) is 0 Å². The molecule has 24 heavy (non-hydrogen) atoms. The molecule has 0 aromatic carbocycles. The normalized spacial score (nSPS) is 16.9. The molecule has 0 amide bonds. The minimum absolute atomic E-state index is 0.190. The third-order valence-electron chi connectivity index (χ3n) is 5.61. The summed E-state index contributed by atoms with van der Waals surface area (Å²) in [4.78, 5) is 0. The van der Waals surface area contributed by atoms with Crippen LogP contribution in [0.15, 0.2) is 0 Å². The molecular formula is C17H48N2Si5.